The number of allylic oxidation sites excluding steroid dienone is 4. The fourth-order valence-electron chi connectivity index (χ4n) is 3.77. The van der Waals surface area contributed by atoms with Crippen LogP contribution in [0.1, 0.15) is 35.6 Å². The molecule has 0 saturated heterocycles. The Balaban J connectivity index is 1.97. The third-order valence-corrected chi connectivity index (χ3v) is 5.09. The van der Waals surface area contributed by atoms with E-state index in [4.69, 9.17) is 0 Å². The van der Waals surface area contributed by atoms with Gasteiger partial charge in [0, 0.05) is 5.56 Å². The lowest BCUT2D eigenvalue weighted by Gasteiger charge is -2.32. The molecule has 1 N–H and O–H groups in total. The SMILES string of the molecule is CC1=CCC(c2ccccc2C(O)(c2ccccc2)c2ccccc2)=C1. The van der Waals surface area contributed by atoms with Gasteiger partial charge in [0.1, 0.15) is 5.60 Å². The standard InChI is InChI=1S/C25H22O/c1-19-16-17-20(18-19)23-14-8-9-15-24(23)25(26,21-10-4-2-5-11-21)22-12-6-3-7-13-22/h2-16,18,26H,17H2,1H3. The molecule has 4 rings (SSSR count). The molecular formula is C25H22O. The molecule has 0 radical (unpaired) electrons. The van der Waals surface area contributed by atoms with E-state index in [2.05, 4.69) is 25.1 Å². The fourth-order valence-corrected chi connectivity index (χ4v) is 3.77. The molecule has 3 aromatic rings. The monoisotopic (exact) mass is 338 g/mol. The third-order valence-electron chi connectivity index (χ3n) is 5.09. The van der Waals surface area contributed by atoms with E-state index in [9.17, 15) is 5.11 Å². The van der Waals surface area contributed by atoms with Gasteiger partial charge < -0.3 is 5.11 Å². The van der Waals surface area contributed by atoms with E-state index in [1.54, 1.807) is 0 Å². The zero-order valence-corrected chi connectivity index (χ0v) is 14.9. The highest BCUT2D eigenvalue weighted by molar-refractivity contribution is 5.76. The van der Waals surface area contributed by atoms with E-state index in [1.807, 2.05) is 78.9 Å². The maximum Gasteiger partial charge on any atom is 0.141 e. The highest BCUT2D eigenvalue weighted by Crippen LogP contribution is 2.41. The molecule has 1 heteroatoms. The molecule has 26 heavy (non-hydrogen) atoms. The first-order chi connectivity index (χ1) is 12.7. The van der Waals surface area contributed by atoms with Gasteiger partial charge in [-0.1, -0.05) is 103 Å². The van der Waals surface area contributed by atoms with Crippen LogP contribution in [-0.2, 0) is 5.60 Å². The number of hydrogen-bond donors (Lipinski definition) is 1. The zero-order valence-electron chi connectivity index (χ0n) is 14.9. The first kappa shape index (κ1) is 16.6. The Kier molecular flexibility index (Phi) is 4.32. The predicted octanol–water partition coefficient (Wildman–Crippen LogP) is 5.70. The van der Waals surface area contributed by atoms with Crippen LogP contribution >= 0.6 is 0 Å². The lowest BCUT2D eigenvalue weighted by atomic mass is 9.77. The van der Waals surface area contributed by atoms with Crippen molar-refractivity contribution in [1.29, 1.82) is 0 Å². The van der Waals surface area contributed by atoms with E-state index in [0.29, 0.717) is 0 Å². The van der Waals surface area contributed by atoms with Gasteiger partial charge in [-0.3, -0.25) is 0 Å². The average molecular weight is 338 g/mol. The molecule has 1 aliphatic rings. The van der Waals surface area contributed by atoms with Gasteiger partial charge in [0.25, 0.3) is 0 Å². The Labute approximate surface area is 155 Å². The minimum absolute atomic E-state index is 0.877. The molecule has 128 valence electrons. The Morgan fingerprint density at radius 2 is 1.27 bits per heavy atom. The minimum atomic E-state index is -1.20. The summed E-state index contributed by atoms with van der Waals surface area (Å²) in [6.45, 7) is 2.12. The van der Waals surface area contributed by atoms with Gasteiger partial charge in [-0.25, -0.2) is 0 Å². The van der Waals surface area contributed by atoms with Crippen molar-refractivity contribution < 1.29 is 5.11 Å². The van der Waals surface area contributed by atoms with E-state index in [0.717, 1.165) is 28.7 Å². The molecule has 1 nitrogen and oxygen atoms in total. The molecule has 0 bridgehead atoms. The summed E-state index contributed by atoms with van der Waals surface area (Å²) < 4.78 is 0. The lowest BCUT2D eigenvalue weighted by molar-refractivity contribution is 0.125. The molecule has 0 saturated carbocycles. The van der Waals surface area contributed by atoms with Gasteiger partial charge in [-0.15, -0.1) is 0 Å². The molecule has 0 unspecified atom stereocenters. The smallest absolute Gasteiger partial charge is 0.141 e. The largest absolute Gasteiger partial charge is 0.376 e. The van der Waals surface area contributed by atoms with Gasteiger partial charge >= 0.3 is 0 Å². The van der Waals surface area contributed by atoms with Crippen LogP contribution in [0.2, 0.25) is 0 Å². The van der Waals surface area contributed by atoms with Crippen molar-refractivity contribution in [1.82, 2.24) is 0 Å². The molecule has 0 atom stereocenters. The summed E-state index contributed by atoms with van der Waals surface area (Å²) in [6.07, 6.45) is 5.36. The van der Waals surface area contributed by atoms with Crippen molar-refractivity contribution in [2.75, 3.05) is 0 Å². The predicted molar refractivity (Wildman–Crippen MR) is 108 cm³/mol. The average Bonchev–Trinajstić information content (AvgIpc) is 3.15. The molecule has 0 spiro atoms. The van der Waals surface area contributed by atoms with Crippen LogP contribution < -0.4 is 0 Å². The van der Waals surface area contributed by atoms with E-state index < -0.39 is 5.60 Å². The maximum absolute atomic E-state index is 12.1. The Morgan fingerprint density at radius 3 is 1.81 bits per heavy atom. The van der Waals surface area contributed by atoms with E-state index >= 15 is 0 Å². The van der Waals surface area contributed by atoms with Crippen LogP contribution in [0.25, 0.3) is 5.57 Å². The van der Waals surface area contributed by atoms with Gasteiger partial charge in [0.05, 0.1) is 0 Å². The minimum Gasteiger partial charge on any atom is -0.376 e. The molecule has 3 aromatic carbocycles. The van der Waals surface area contributed by atoms with Gasteiger partial charge in [0.2, 0.25) is 0 Å². The summed E-state index contributed by atoms with van der Waals surface area (Å²) in [5, 5.41) is 12.1. The molecule has 0 aliphatic heterocycles. The summed E-state index contributed by atoms with van der Waals surface area (Å²) >= 11 is 0. The van der Waals surface area contributed by atoms with Crippen molar-refractivity contribution in [2.24, 2.45) is 0 Å². The molecule has 0 amide bonds. The van der Waals surface area contributed by atoms with E-state index in [-0.39, 0.29) is 0 Å². The summed E-state index contributed by atoms with van der Waals surface area (Å²) in [6, 6.07) is 28.1. The van der Waals surface area contributed by atoms with Gasteiger partial charge in [-0.2, -0.15) is 0 Å². The van der Waals surface area contributed by atoms with Gasteiger partial charge in [0.15, 0.2) is 0 Å². The van der Waals surface area contributed by atoms with Crippen molar-refractivity contribution in [3.63, 3.8) is 0 Å². The quantitative estimate of drug-likeness (QED) is 0.605. The number of hydrogen-bond acceptors (Lipinski definition) is 1. The Hall–Kier alpha value is -2.90. The number of rotatable bonds is 4. The van der Waals surface area contributed by atoms with Crippen molar-refractivity contribution in [2.45, 2.75) is 18.9 Å². The van der Waals surface area contributed by atoms with Crippen molar-refractivity contribution >= 4 is 5.57 Å². The summed E-state index contributed by atoms with van der Waals surface area (Å²) in [5.41, 5.74) is 5.11. The van der Waals surface area contributed by atoms with E-state index in [1.165, 1.54) is 11.1 Å². The lowest BCUT2D eigenvalue weighted by Crippen LogP contribution is -2.30. The van der Waals surface area contributed by atoms with Crippen LogP contribution in [-0.4, -0.2) is 5.11 Å². The van der Waals surface area contributed by atoms with Crippen LogP contribution in [0, 0.1) is 0 Å². The normalized spacial score (nSPS) is 14.1. The molecule has 1 aliphatic carbocycles. The van der Waals surface area contributed by atoms with Crippen molar-refractivity contribution in [3.05, 3.63) is 125 Å². The number of aliphatic hydroxyl groups is 1. The summed E-state index contributed by atoms with van der Waals surface area (Å²) in [4.78, 5) is 0. The topological polar surface area (TPSA) is 20.2 Å². The fraction of sp³-hybridized carbons (Fsp3) is 0.120. The molecule has 0 heterocycles. The molecule has 0 aromatic heterocycles. The highest BCUT2D eigenvalue weighted by Gasteiger charge is 2.36. The zero-order chi connectivity index (χ0) is 18.0. The van der Waals surface area contributed by atoms with Crippen molar-refractivity contribution in [3.8, 4) is 0 Å². The Bertz CT molecular complexity index is 926. The summed E-state index contributed by atoms with van der Waals surface area (Å²) in [5.74, 6) is 0. The molecular weight excluding hydrogens is 316 g/mol. The molecule has 0 fully saturated rings. The first-order valence-corrected chi connectivity index (χ1v) is 9.00. The van der Waals surface area contributed by atoms with Crippen LogP contribution in [0.4, 0.5) is 0 Å². The maximum atomic E-state index is 12.1. The third kappa shape index (κ3) is 2.81. The van der Waals surface area contributed by atoms with Gasteiger partial charge in [-0.05, 0) is 35.6 Å². The first-order valence-electron chi connectivity index (χ1n) is 9.00. The second-order valence-corrected chi connectivity index (χ2v) is 6.81. The van der Waals surface area contributed by atoms with Crippen LogP contribution in [0.3, 0.4) is 0 Å². The number of benzene rings is 3. The summed E-state index contributed by atoms with van der Waals surface area (Å²) in [7, 11) is 0. The van der Waals surface area contributed by atoms with Crippen LogP contribution in [0.15, 0.2) is 103 Å². The van der Waals surface area contributed by atoms with Crippen LogP contribution in [0.5, 0.6) is 0 Å². The second kappa shape index (κ2) is 6.78. The highest BCUT2D eigenvalue weighted by atomic mass is 16.3. The Morgan fingerprint density at radius 1 is 0.731 bits per heavy atom. The second-order valence-electron chi connectivity index (χ2n) is 6.81.